The number of carboxylic acids is 1. The van der Waals surface area contributed by atoms with Crippen LogP contribution in [-0.2, 0) is 9.59 Å². The molecular weight excluding hydrogens is 196 g/mol. The predicted molar refractivity (Wildman–Crippen MR) is 55.1 cm³/mol. The largest absolute Gasteiger partial charge is 0.481 e. The zero-order chi connectivity index (χ0) is 11.5. The lowest BCUT2D eigenvalue weighted by molar-refractivity contribution is -0.143. The Bertz CT molecular complexity index is 261. The van der Waals surface area contributed by atoms with E-state index in [9.17, 15) is 9.59 Å². The second-order valence-electron chi connectivity index (χ2n) is 4.41. The minimum Gasteiger partial charge on any atom is -0.481 e. The average Bonchev–Trinajstić information content (AvgIpc) is 2.95. The van der Waals surface area contributed by atoms with Crippen LogP contribution in [0.4, 0.5) is 0 Å². The minimum atomic E-state index is -0.810. The second kappa shape index (κ2) is 4.61. The molecule has 1 aliphatic rings. The lowest BCUT2D eigenvalue weighted by Gasteiger charge is -2.12. The molecule has 0 aliphatic heterocycles. The van der Waals surface area contributed by atoms with Crippen LogP contribution in [0.3, 0.4) is 0 Å². The molecule has 1 unspecified atom stereocenters. The molecule has 1 fully saturated rings. The predicted octanol–water partition coefficient (Wildman–Crippen LogP) is -0.0477. The van der Waals surface area contributed by atoms with Crippen LogP contribution in [0.25, 0.3) is 0 Å². The normalized spacial score (nSPS) is 19.3. The second-order valence-corrected chi connectivity index (χ2v) is 4.41. The van der Waals surface area contributed by atoms with E-state index in [2.05, 4.69) is 5.32 Å². The molecule has 0 saturated heterocycles. The molecule has 1 saturated carbocycles. The molecule has 0 bridgehead atoms. The van der Waals surface area contributed by atoms with Crippen molar-refractivity contribution >= 4 is 11.9 Å². The van der Waals surface area contributed by atoms with Crippen LogP contribution >= 0.6 is 0 Å². The van der Waals surface area contributed by atoms with E-state index in [4.69, 9.17) is 10.8 Å². The van der Waals surface area contributed by atoms with Crippen molar-refractivity contribution in [1.82, 2.24) is 5.32 Å². The van der Waals surface area contributed by atoms with Gasteiger partial charge < -0.3 is 16.2 Å². The van der Waals surface area contributed by atoms with Crippen LogP contribution < -0.4 is 11.1 Å². The van der Waals surface area contributed by atoms with Gasteiger partial charge >= 0.3 is 5.97 Å². The Morgan fingerprint density at radius 2 is 2.13 bits per heavy atom. The monoisotopic (exact) mass is 214 g/mol. The lowest BCUT2D eigenvalue weighted by atomic mass is 10.1. The molecule has 0 spiro atoms. The maximum absolute atomic E-state index is 11.3. The summed E-state index contributed by atoms with van der Waals surface area (Å²) in [5, 5.41) is 11.5. The average molecular weight is 214 g/mol. The summed E-state index contributed by atoms with van der Waals surface area (Å²) in [6.07, 6.45) is 1.69. The fourth-order valence-corrected chi connectivity index (χ4v) is 1.36. The molecular formula is C10H18N2O3. The SMILES string of the molecule is CC(CN)CC(=O)NCC1(C(=O)O)CC1. The molecule has 1 aliphatic carbocycles. The molecule has 0 heterocycles. The third-order valence-electron chi connectivity index (χ3n) is 2.87. The Morgan fingerprint density at radius 1 is 1.53 bits per heavy atom. The topological polar surface area (TPSA) is 92.4 Å². The number of carbonyl (C=O) groups is 2. The summed E-state index contributed by atoms with van der Waals surface area (Å²) in [6.45, 7) is 2.61. The molecule has 1 atom stereocenters. The number of amides is 1. The Kier molecular flexibility index (Phi) is 3.68. The first-order valence-corrected chi connectivity index (χ1v) is 5.20. The maximum atomic E-state index is 11.3. The molecule has 5 heteroatoms. The number of carboxylic acid groups (broad SMARTS) is 1. The Hall–Kier alpha value is -1.10. The van der Waals surface area contributed by atoms with E-state index < -0.39 is 11.4 Å². The number of carbonyl (C=O) groups excluding carboxylic acids is 1. The highest BCUT2D eigenvalue weighted by atomic mass is 16.4. The molecule has 0 radical (unpaired) electrons. The van der Waals surface area contributed by atoms with Crippen LogP contribution in [0.15, 0.2) is 0 Å². The van der Waals surface area contributed by atoms with Crippen LogP contribution in [0.2, 0.25) is 0 Å². The highest BCUT2D eigenvalue weighted by Crippen LogP contribution is 2.45. The number of aliphatic carboxylic acids is 1. The molecule has 15 heavy (non-hydrogen) atoms. The summed E-state index contributed by atoms with van der Waals surface area (Å²) in [6, 6.07) is 0. The zero-order valence-corrected chi connectivity index (χ0v) is 8.95. The first-order chi connectivity index (χ1) is 7.00. The van der Waals surface area contributed by atoms with E-state index in [0.717, 1.165) is 0 Å². The van der Waals surface area contributed by atoms with E-state index in [-0.39, 0.29) is 18.4 Å². The fourth-order valence-electron chi connectivity index (χ4n) is 1.36. The van der Waals surface area contributed by atoms with Gasteiger partial charge in [-0.1, -0.05) is 6.92 Å². The van der Waals surface area contributed by atoms with Gasteiger partial charge in [-0.2, -0.15) is 0 Å². The Morgan fingerprint density at radius 3 is 2.53 bits per heavy atom. The van der Waals surface area contributed by atoms with E-state index >= 15 is 0 Å². The van der Waals surface area contributed by atoms with E-state index in [1.54, 1.807) is 0 Å². The number of nitrogens with two attached hydrogens (primary N) is 1. The van der Waals surface area contributed by atoms with Crippen molar-refractivity contribution in [3.8, 4) is 0 Å². The van der Waals surface area contributed by atoms with E-state index in [1.807, 2.05) is 6.92 Å². The van der Waals surface area contributed by atoms with Gasteiger partial charge in [0.05, 0.1) is 5.41 Å². The summed E-state index contributed by atoms with van der Waals surface area (Å²) >= 11 is 0. The maximum Gasteiger partial charge on any atom is 0.311 e. The van der Waals surface area contributed by atoms with Crippen LogP contribution in [0.1, 0.15) is 26.2 Å². The molecule has 0 aromatic heterocycles. The molecule has 4 N–H and O–H groups in total. The highest BCUT2D eigenvalue weighted by molar-refractivity contribution is 5.81. The van der Waals surface area contributed by atoms with Gasteiger partial charge in [0.1, 0.15) is 0 Å². The molecule has 1 amide bonds. The van der Waals surface area contributed by atoms with Gasteiger partial charge in [0, 0.05) is 13.0 Å². The van der Waals surface area contributed by atoms with Gasteiger partial charge in [0.2, 0.25) is 5.91 Å². The quantitative estimate of drug-likeness (QED) is 0.578. The van der Waals surface area contributed by atoms with Gasteiger partial charge in [-0.05, 0) is 25.3 Å². The molecule has 1 rings (SSSR count). The van der Waals surface area contributed by atoms with E-state index in [1.165, 1.54) is 0 Å². The van der Waals surface area contributed by atoms with Gasteiger partial charge in [-0.25, -0.2) is 0 Å². The van der Waals surface area contributed by atoms with Crippen molar-refractivity contribution in [2.45, 2.75) is 26.2 Å². The third kappa shape index (κ3) is 3.20. The van der Waals surface area contributed by atoms with Crippen molar-refractivity contribution in [1.29, 1.82) is 0 Å². The fraction of sp³-hybridized carbons (Fsp3) is 0.800. The van der Waals surface area contributed by atoms with Gasteiger partial charge in [0.25, 0.3) is 0 Å². The number of rotatable bonds is 6. The Balaban J connectivity index is 2.26. The van der Waals surface area contributed by atoms with E-state index in [0.29, 0.717) is 25.8 Å². The first-order valence-electron chi connectivity index (χ1n) is 5.20. The number of hydrogen-bond acceptors (Lipinski definition) is 3. The van der Waals surface area contributed by atoms with Gasteiger partial charge in [-0.3, -0.25) is 9.59 Å². The standard InChI is InChI=1S/C10H18N2O3/c1-7(5-11)4-8(13)12-6-10(2-3-10)9(14)15/h7H,2-6,11H2,1H3,(H,12,13)(H,14,15). The smallest absolute Gasteiger partial charge is 0.311 e. The van der Waals surface area contributed by atoms with Crippen LogP contribution in [0.5, 0.6) is 0 Å². The molecule has 5 nitrogen and oxygen atoms in total. The summed E-state index contributed by atoms with van der Waals surface area (Å²) in [5.74, 6) is -0.778. The van der Waals surface area contributed by atoms with Crippen molar-refractivity contribution in [2.24, 2.45) is 17.1 Å². The third-order valence-corrected chi connectivity index (χ3v) is 2.87. The van der Waals surface area contributed by atoms with Crippen LogP contribution in [0, 0.1) is 11.3 Å². The summed E-state index contributed by atoms with van der Waals surface area (Å²) < 4.78 is 0. The molecule has 86 valence electrons. The van der Waals surface area contributed by atoms with Crippen molar-refractivity contribution in [3.63, 3.8) is 0 Å². The van der Waals surface area contributed by atoms with Gasteiger partial charge in [-0.15, -0.1) is 0 Å². The first kappa shape index (κ1) is 12.0. The summed E-state index contributed by atoms with van der Waals surface area (Å²) in [7, 11) is 0. The van der Waals surface area contributed by atoms with Crippen molar-refractivity contribution in [3.05, 3.63) is 0 Å². The number of nitrogens with one attached hydrogen (secondary N) is 1. The Labute approximate surface area is 89.0 Å². The molecule has 0 aromatic rings. The minimum absolute atomic E-state index is 0.111. The van der Waals surface area contributed by atoms with Crippen molar-refractivity contribution in [2.75, 3.05) is 13.1 Å². The van der Waals surface area contributed by atoms with Crippen LogP contribution in [-0.4, -0.2) is 30.1 Å². The summed E-state index contributed by atoms with van der Waals surface area (Å²) in [5.41, 5.74) is 4.71. The summed E-state index contributed by atoms with van der Waals surface area (Å²) in [4.78, 5) is 22.2. The highest BCUT2D eigenvalue weighted by Gasteiger charge is 2.50. The zero-order valence-electron chi connectivity index (χ0n) is 8.95. The van der Waals surface area contributed by atoms with Gasteiger partial charge in [0.15, 0.2) is 0 Å². The van der Waals surface area contributed by atoms with Crippen molar-refractivity contribution < 1.29 is 14.7 Å². The number of hydrogen-bond donors (Lipinski definition) is 3. The lowest BCUT2D eigenvalue weighted by Crippen LogP contribution is -2.35. The molecule has 0 aromatic carbocycles.